The smallest absolute Gasteiger partial charge is 0.0651 e. The van der Waals surface area contributed by atoms with Crippen LogP contribution in [0, 0.1) is 0 Å². The van der Waals surface area contributed by atoms with Crippen molar-refractivity contribution in [2.45, 2.75) is 19.6 Å². The lowest BCUT2D eigenvalue weighted by atomic mass is 10.1. The number of hydrogen-bond donors (Lipinski definition) is 0. The Kier molecular flexibility index (Phi) is 3.55. The van der Waals surface area contributed by atoms with Crippen LogP contribution >= 0.6 is 15.9 Å². The lowest BCUT2D eigenvalue weighted by Crippen LogP contribution is -2.19. The molecule has 17 heavy (non-hydrogen) atoms. The summed E-state index contributed by atoms with van der Waals surface area (Å²) >= 11 is 3.72. The molecule has 0 radical (unpaired) electrons. The minimum Gasteiger partial charge on any atom is -0.0651 e. The van der Waals surface area contributed by atoms with Crippen LogP contribution in [0.25, 0.3) is 16.8 Å². The van der Waals surface area contributed by atoms with Crippen LogP contribution in [0.4, 0.5) is 0 Å². The predicted octanol–water partition coefficient (Wildman–Crippen LogP) is 5.45. The molecule has 0 spiro atoms. The molecule has 0 aliphatic carbocycles. The molecule has 0 nitrogen and oxygen atoms in total. The first kappa shape index (κ1) is 12.6. The van der Waals surface area contributed by atoms with Gasteiger partial charge in [-0.05, 0) is 32.6 Å². The third-order valence-electron chi connectivity index (χ3n) is 2.78. The maximum Gasteiger partial charge on any atom is 0.0865 e. The molecule has 0 unspecified atom stereocenters. The second-order valence-corrected chi connectivity index (χ2v) is 12.0. The van der Waals surface area contributed by atoms with Crippen molar-refractivity contribution < 1.29 is 0 Å². The average Bonchev–Trinajstić information content (AvgIpc) is 2.27. The van der Waals surface area contributed by atoms with Crippen molar-refractivity contribution in [1.82, 2.24) is 0 Å². The van der Waals surface area contributed by atoms with E-state index in [1.54, 1.807) is 0 Å². The molecule has 0 aromatic heterocycles. The molecule has 88 valence electrons. The molecule has 0 saturated heterocycles. The summed E-state index contributed by atoms with van der Waals surface area (Å²) in [7, 11) is -1.23. The van der Waals surface area contributed by atoms with Crippen molar-refractivity contribution in [3.05, 3.63) is 52.1 Å². The highest BCUT2D eigenvalue weighted by atomic mass is 79.9. The van der Waals surface area contributed by atoms with E-state index in [0.29, 0.717) is 0 Å². The third kappa shape index (κ3) is 3.08. The first-order chi connectivity index (χ1) is 7.97. The molecule has 2 rings (SSSR count). The zero-order valence-electron chi connectivity index (χ0n) is 10.5. The van der Waals surface area contributed by atoms with E-state index in [0.717, 1.165) is 0 Å². The zero-order valence-corrected chi connectivity index (χ0v) is 13.1. The number of rotatable bonds is 2. The van der Waals surface area contributed by atoms with Crippen molar-refractivity contribution in [3.63, 3.8) is 0 Å². The molecule has 0 saturated carbocycles. The summed E-state index contributed by atoms with van der Waals surface area (Å²) in [6.07, 6.45) is 2.26. The van der Waals surface area contributed by atoms with E-state index in [-0.39, 0.29) is 0 Å². The van der Waals surface area contributed by atoms with Gasteiger partial charge in [-0.2, -0.15) is 0 Å². The average molecular weight is 305 g/mol. The van der Waals surface area contributed by atoms with E-state index in [9.17, 15) is 0 Å². The lowest BCUT2D eigenvalue weighted by Gasteiger charge is -2.15. The highest BCUT2D eigenvalue weighted by molar-refractivity contribution is 9.12. The molecule has 0 aliphatic rings. The second kappa shape index (κ2) is 4.79. The van der Waals surface area contributed by atoms with Crippen LogP contribution < -0.4 is 0 Å². The monoisotopic (exact) mass is 304 g/mol. The maximum atomic E-state index is 3.72. The van der Waals surface area contributed by atoms with Crippen LogP contribution in [0.5, 0.6) is 0 Å². The Morgan fingerprint density at radius 2 is 1.65 bits per heavy atom. The quantitative estimate of drug-likeness (QED) is 0.647. The van der Waals surface area contributed by atoms with Crippen molar-refractivity contribution in [2.75, 3.05) is 0 Å². The Hall–Kier alpha value is -0.863. The van der Waals surface area contributed by atoms with Gasteiger partial charge in [0.2, 0.25) is 0 Å². The molecule has 0 N–H and O–H groups in total. The van der Waals surface area contributed by atoms with Crippen LogP contribution in [0.1, 0.15) is 5.56 Å². The summed E-state index contributed by atoms with van der Waals surface area (Å²) in [6.45, 7) is 7.03. The summed E-state index contributed by atoms with van der Waals surface area (Å²) in [5.74, 6) is 0. The fraction of sp³-hybridized carbons (Fsp3) is 0.200. The first-order valence-electron chi connectivity index (χ1n) is 5.83. The summed E-state index contributed by atoms with van der Waals surface area (Å²) in [5, 5.41) is 2.60. The molecule has 2 aromatic rings. The maximum absolute atomic E-state index is 3.72. The number of fused-ring (bicyclic) bond motifs is 1. The van der Waals surface area contributed by atoms with Crippen molar-refractivity contribution in [3.8, 4) is 0 Å². The molecule has 0 atom stereocenters. The van der Waals surface area contributed by atoms with E-state index in [4.69, 9.17) is 0 Å². The molecular formula is C15H17BrSi. The fourth-order valence-corrected chi connectivity index (χ4v) is 2.52. The topological polar surface area (TPSA) is 0 Å². The first-order valence-corrected chi connectivity index (χ1v) is 10.1. The minimum atomic E-state index is -1.23. The summed E-state index contributed by atoms with van der Waals surface area (Å²) in [6, 6.07) is 15.1. The van der Waals surface area contributed by atoms with Gasteiger partial charge >= 0.3 is 0 Å². The molecule has 0 amide bonds. The Morgan fingerprint density at radius 3 is 2.29 bits per heavy atom. The highest BCUT2D eigenvalue weighted by Crippen LogP contribution is 2.25. The van der Waals surface area contributed by atoms with Crippen LogP contribution in [0.15, 0.2) is 46.6 Å². The highest BCUT2D eigenvalue weighted by Gasteiger charge is 2.16. The zero-order chi connectivity index (χ0) is 12.5. The largest absolute Gasteiger partial charge is 0.0865 e. The van der Waals surface area contributed by atoms with Gasteiger partial charge in [0.15, 0.2) is 0 Å². The SMILES string of the molecule is C[Si](C)(C)/C(Br)=C/c1ccc2ccccc2c1. The van der Waals surface area contributed by atoms with Gasteiger partial charge < -0.3 is 0 Å². The molecule has 0 heterocycles. The van der Waals surface area contributed by atoms with Gasteiger partial charge in [-0.25, -0.2) is 0 Å². The Labute approximate surface area is 112 Å². The molecule has 0 bridgehead atoms. The summed E-state index contributed by atoms with van der Waals surface area (Å²) in [5.41, 5.74) is 1.28. The molecule has 2 aromatic carbocycles. The van der Waals surface area contributed by atoms with Crippen molar-refractivity contribution >= 4 is 40.9 Å². The Morgan fingerprint density at radius 1 is 1.00 bits per heavy atom. The molecule has 2 heteroatoms. The second-order valence-electron chi connectivity index (χ2n) is 5.35. The van der Waals surface area contributed by atoms with Gasteiger partial charge in [-0.3, -0.25) is 0 Å². The summed E-state index contributed by atoms with van der Waals surface area (Å²) in [4.78, 5) is 0. The van der Waals surface area contributed by atoms with Gasteiger partial charge in [0.05, 0.1) is 8.07 Å². The van der Waals surface area contributed by atoms with E-state index in [2.05, 4.69) is 84.1 Å². The minimum absolute atomic E-state index is 1.23. The third-order valence-corrected chi connectivity index (χ3v) is 8.16. The van der Waals surface area contributed by atoms with Gasteiger partial charge in [-0.1, -0.05) is 72.0 Å². The normalized spacial score (nSPS) is 13.1. The van der Waals surface area contributed by atoms with Crippen LogP contribution in [0.3, 0.4) is 0 Å². The molecule has 0 fully saturated rings. The number of hydrogen-bond acceptors (Lipinski definition) is 0. The molecular weight excluding hydrogens is 288 g/mol. The van der Waals surface area contributed by atoms with Crippen molar-refractivity contribution in [1.29, 1.82) is 0 Å². The van der Waals surface area contributed by atoms with Gasteiger partial charge in [0, 0.05) is 0 Å². The van der Waals surface area contributed by atoms with E-state index in [1.807, 2.05) is 0 Å². The van der Waals surface area contributed by atoms with E-state index >= 15 is 0 Å². The van der Waals surface area contributed by atoms with E-state index < -0.39 is 8.07 Å². The Balaban J connectivity index is 2.44. The Bertz CT molecular complexity index is 564. The van der Waals surface area contributed by atoms with Gasteiger partial charge in [0.25, 0.3) is 0 Å². The van der Waals surface area contributed by atoms with Gasteiger partial charge in [0.1, 0.15) is 0 Å². The standard InChI is InChI=1S/C15H17BrSi/c1-17(2,3)15(16)11-12-8-9-13-6-4-5-7-14(13)10-12/h4-11H,1-3H3/b15-11+. The van der Waals surface area contributed by atoms with E-state index in [1.165, 1.54) is 20.4 Å². The summed E-state index contributed by atoms with van der Waals surface area (Å²) < 4.78 is 1.36. The van der Waals surface area contributed by atoms with Crippen LogP contribution in [-0.2, 0) is 0 Å². The van der Waals surface area contributed by atoms with Crippen LogP contribution in [0.2, 0.25) is 19.6 Å². The predicted molar refractivity (Wildman–Crippen MR) is 84.2 cm³/mol. The molecule has 0 aliphatic heterocycles. The number of halogens is 1. The lowest BCUT2D eigenvalue weighted by molar-refractivity contribution is 1.69. The number of benzene rings is 2. The van der Waals surface area contributed by atoms with Gasteiger partial charge in [-0.15, -0.1) is 0 Å². The van der Waals surface area contributed by atoms with Crippen LogP contribution in [-0.4, -0.2) is 8.07 Å². The fourth-order valence-electron chi connectivity index (χ4n) is 1.66. The van der Waals surface area contributed by atoms with Crippen molar-refractivity contribution in [2.24, 2.45) is 0 Å².